The second kappa shape index (κ2) is 2.68. The van der Waals surface area contributed by atoms with Gasteiger partial charge in [-0.25, -0.2) is 4.79 Å². The molecule has 0 saturated carbocycles. The Bertz CT molecular complexity index is 153. The maximum atomic E-state index is 10.6. The number of hydrogen-bond acceptors (Lipinski definition) is 4. The zero-order valence-electron chi connectivity index (χ0n) is 5.62. The zero-order valence-corrected chi connectivity index (χ0v) is 5.62. The van der Waals surface area contributed by atoms with Crippen molar-refractivity contribution in [2.75, 3.05) is 13.2 Å². The van der Waals surface area contributed by atoms with Crippen molar-refractivity contribution >= 4 is 11.9 Å². The fourth-order valence-corrected chi connectivity index (χ4v) is 0.662. The van der Waals surface area contributed by atoms with Crippen LogP contribution in [0.1, 0.15) is 6.92 Å². The van der Waals surface area contributed by atoms with Gasteiger partial charge < -0.3 is 9.47 Å². The Morgan fingerprint density at radius 2 is 2.00 bits per heavy atom. The van der Waals surface area contributed by atoms with E-state index in [0.29, 0.717) is 0 Å². The van der Waals surface area contributed by atoms with E-state index in [1.807, 2.05) is 0 Å². The first-order chi connectivity index (χ1) is 4.70. The lowest BCUT2D eigenvalue weighted by Crippen LogP contribution is -2.31. The molecule has 1 saturated heterocycles. The van der Waals surface area contributed by atoms with Crippen LogP contribution in [-0.4, -0.2) is 25.2 Å². The van der Waals surface area contributed by atoms with Gasteiger partial charge in [0.1, 0.15) is 19.0 Å². The predicted molar refractivity (Wildman–Crippen MR) is 31.5 cm³/mol. The molecule has 0 spiro atoms. The molecule has 4 heteroatoms. The standard InChI is InChI=1S/C6H8O4/c1-4(7)5-2-9-6(8)10-3-5/h5H,2-3H2,1H3. The van der Waals surface area contributed by atoms with E-state index in [9.17, 15) is 9.59 Å². The van der Waals surface area contributed by atoms with Crippen molar-refractivity contribution in [3.63, 3.8) is 0 Å². The van der Waals surface area contributed by atoms with Crippen LogP contribution in [0.5, 0.6) is 0 Å². The van der Waals surface area contributed by atoms with Crippen LogP contribution < -0.4 is 0 Å². The van der Waals surface area contributed by atoms with Crippen LogP contribution in [0.25, 0.3) is 0 Å². The van der Waals surface area contributed by atoms with Gasteiger partial charge in [-0.3, -0.25) is 4.79 Å². The first-order valence-electron chi connectivity index (χ1n) is 3.00. The third kappa shape index (κ3) is 1.46. The molecule has 1 heterocycles. The first-order valence-corrected chi connectivity index (χ1v) is 3.00. The predicted octanol–water partition coefficient (Wildman–Crippen LogP) is 0.358. The molecular weight excluding hydrogens is 136 g/mol. The number of ketones is 1. The molecule has 0 radical (unpaired) electrons. The highest BCUT2D eigenvalue weighted by Crippen LogP contribution is 2.07. The second-order valence-electron chi connectivity index (χ2n) is 2.18. The van der Waals surface area contributed by atoms with E-state index in [2.05, 4.69) is 9.47 Å². The zero-order chi connectivity index (χ0) is 7.56. The Morgan fingerprint density at radius 1 is 1.50 bits per heavy atom. The summed E-state index contributed by atoms with van der Waals surface area (Å²) in [4.78, 5) is 20.9. The summed E-state index contributed by atoms with van der Waals surface area (Å²) in [7, 11) is 0. The van der Waals surface area contributed by atoms with Crippen molar-refractivity contribution in [3.05, 3.63) is 0 Å². The lowest BCUT2D eigenvalue weighted by atomic mass is 10.1. The molecule has 0 atom stereocenters. The van der Waals surface area contributed by atoms with Crippen LogP contribution >= 0.6 is 0 Å². The van der Waals surface area contributed by atoms with Gasteiger partial charge in [0.15, 0.2) is 0 Å². The van der Waals surface area contributed by atoms with Gasteiger partial charge in [-0.1, -0.05) is 0 Å². The normalized spacial score (nSPS) is 19.5. The lowest BCUT2D eigenvalue weighted by molar-refractivity contribution is -0.126. The van der Waals surface area contributed by atoms with E-state index in [1.165, 1.54) is 6.92 Å². The summed E-state index contributed by atoms with van der Waals surface area (Å²) < 4.78 is 8.94. The third-order valence-electron chi connectivity index (χ3n) is 1.38. The summed E-state index contributed by atoms with van der Waals surface area (Å²) in [5.41, 5.74) is 0. The molecule has 10 heavy (non-hydrogen) atoms. The fourth-order valence-electron chi connectivity index (χ4n) is 0.662. The molecule has 0 unspecified atom stereocenters. The number of rotatable bonds is 1. The highest BCUT2D eigenvalue weighted by atomic mass is 16.7. The van der Waals surface area contributed by atoms with Gasteiger partial charge in [0.05, 0.1) is 5.92 Å². The van der Waals surface area contributed by atoms with E-state index in [4.69, 9.17) is 0 Å². The minimum atomic E-state index is -0.683. The van der Waals surface area contributed by atoms with Crippen molar-refractivity contribution in [2.45, 2.75) is 6.92 Å². The minimum absolute atomic E-state index is 0.00694. The summed E-state index contributed by atoms with van der Waals surface area (Å²) >= 11 is 0. The molecule has 0 aliphatic carbocycles. The molecule has 0 bridgehead atoms. The smallest absolute Gasteiger partial charge is 0.433 e. The molecular formula is C6H8O4. The van der Waals surface area contributed by atoms with Gasteiger partial charge in [0.2, 0.25) is 0 Å². The van der Waals surface area contributed by atoms with Crippen molar-refractivity contribution < 1.29 is 19.1 Å². The topological polar surface area (TPSA) is 52.6 Å². The first kappa shape index (κ1) is 7.05. The van der Waals surface area contributed by atoms with E-state index < -0.39 is 6.16 Å². The van der Waals surface area contributed by atoms with Gasteiger partial charge in [-0.15, -0.1) is 0 Å². The summed E-state index contributed by atoms with van der Waals surface area (Å²) in [6.07, 6.45) is -0.683. The van der Waals surface area contributed by atoms with E-state index in [-0.39, 0.29) is 24.9 Å². The fraction of sp³-hybridized carbons (Fsp3) is 0.667. The molecule has 4 nitrogen and oxygen atoms in total. The Kier molecular flexibility index (Phi) is 1.89. The number of carbonyl (C=O) groups excluding carboxylic acids is 2. The van der Waals surface area contributed by atoms with Gasteiger partial charge in [0.25, 0.3) is 0 Å². The molecule has 0 aromatic rings. The van der Waals surface area contributed by atoms with Crippen LogP contribution in [0, 0.1) is 5.92 Å². The molecule has 0 aromatic carbocycles. The maximum Gasteiger partial charge on any atom is 0.508 e. The van der Waals surface area contributed by atoms with Gasteiger partial charge >= 0.3 is 6.16 Å². The molecule has 1 aliphatic heterocycles. The average Bonchev–Trinajstić information content (AvgIpc) is 1.88. The summed E-state index contributed by atoms with van der Waals surface area (Å²) in [5, 5.41) is 0. The lowest BCUT2D eigenvalue weighted by Gasteiger charge is -2.18. The van der Waals surface area contributed by atoms with Crippen LogP contribution in [0.3, 0.4) is 0 Å². The number of Topliss-reactive ketones (excluding diaryl/α,β-unsaturated/α-hetero) is 1. The molecule has 1 aliphatic rings. The van der Waals surface area contributed by atoms with Crippen molar-refractivity contribution in [3.8, 4) is 0 Å². The Hall–Kier alpha value is -1.06. The van der Waals surface area contributed by atoms with Crippen molar-refractivity contribution in [1.29, 1.82) is 0 Å². The second-order valence-corrected chi connectivity index (χ2v) is 2.18. The summed E-state index contributed by atoms with van der Waals surface area (Å²) in [6.45, 7) is 1.77. The van der Waals surface area contributed by atoms with E-state index in [0.717, 1.165) is 0 Å². The van der Waals surface area contributed by atoms with Crippen LogP contribution in [0.2, 0.25) is 0 Å². The van der Waals surface area contributed by atoms with Gasteiger partial charge in [-0.05, 0) is 6.92 Å². The Morgan fingerprint density at radius 3 is 2.40 bits per heavy atom. The quantitative estimate of drug-likeness (QED) is 0.498. The highest BCUT2D eigenvalue weighted by molar-refractivity contribution is 5.79. The van der Waals surface area contributed by atoms with Crippen molar-refractivity contribution in [1.82, 2.24) is 0 Å². The minimum Gasteiger partial charge on any atom is -0.433 e. The molecule has 56 valence electrons. The molecule has 1 fully saturated rings. The largest absolute Gasteiger partial charge is 0.508 e. The summed E-state index contributed by atoms with van der Waals surface area (Å²) in [6, 6.07) is 0. The van der Waals surface area contributed by atoms with Gasteiger partial charge in [0, 0.05) is 0 Å². The summed E-state index contributed by atoms with van der Waals surface area (Å²) in [5.74, 6) is -0.273. The van der Waals surface area contributed by atoms with Crippen LogP contribution in [0.4, 0.5) is 4.79 Å². The number of ether oxygens (including phenoxy) is 2. The Balaban J connectivity index is 2.40. The Labute approximate surface area is 58.1 Å². The molecule has 0 N–H and O–H groups in total. The van der Waals surface area contributed by atoms with Crippen LogP contribution in [-0.2, 0) is 14.3 Å². The van der Waals surface area contributed by atoms with E-state index in [1.54, 1.807) is 0 Å². The van der Waals surface area contributed by atoms with Crippen molar-refractivity contribution in [2.24, 2.45) is 5.92 Å². The number of cyclic esters (lactones) is 2. The van der Waals surface area contributed by atoms with E-state index >= 15 is 0 Å². The molecule has 1 rings (SSSR count). The third-order valence-corrected chi connectivity index (χ3v) is 1.38. The molecule has 0 aromatic heterocycles. The highest BCUT2D eigenvalue weighted by Gasteiger charge is 2.23. The average molecular weight is 144 g/mol. The maximum absolute atomic E-state index is 10.6. The van der Waals surface area contributed by atoms with Crippen LogP contribution in [0.15, 0.2) is 0 Å². The van der Waals surface area contributed by atoms with Gasteiger partial charge in [-0.2, -0.15) is 0 Å². The number of hydrogen-bond donors (Lipinski definition) is 0. The SMILES string of the molecule is CC(=O)C1COC(=O)OC1. The monoisotopic (exact) mass is 144 g/mol. The molecule has 0 amide bonds. The number of carbonyl (C=O) groups is 2.